The molecule has 1 atom stereocenters. The third-order valence-electron chi connectivity index (χ3n) is 3.27. The molecule has 3 rings (SSSR count). The van der Waals surface area contributed by atoms with E-state index in [0.29, 0.717) is 12.4 Å². The van der Waals surface area contributed by atoms with Crippen molar-refractivity contribution in [3.63, 3.8) is 0 Å². The van der Waals surface area contributed by atoms with E-state index in [1.54, 1.807) is 12.3 Å². The van der Waals surface area contributed by atoms with Crippen molar-refractivity contribution in [2.24, 2.45) is 0 Å². The zero-order valence-electron chi connectivity index (χ0n) is 10.0. The quantitative estimate of drug-likeness (QED) is 0.903. The standard InChI is InChI=1S/C14H15NO3/c16-14-3-1-2-10-4-5-11(8-13(10)14)17-9-12-6-7-15-18-12/h4-8,14,16H,1-3,9H2/t14-/m0/s1. The van der Waals surface area contributed by atoms with Gasteiger partial charge in [-0.2, -0.15) is 0 Å². The van der Waals surface area contributed by atoms with Crippen LogP contribution in [0.25, 0.3) is 0 Å². The molecular weight excluding hydrogens is 230 g/mol. The van der Waals surface area contributed by atoms with Crippen LogP contribution in [0, 0.1) is 0 Å². The number of aliphatic hydroxyl groups is 1. The topological polar surface area (TPSA) is 55.5 Å². The summed E-state index contributed by atoms with van der Waals surface area (Å²) in [5, 5.41) is 13.6. The smallest absolute Gasteiger partial charge is 0.174 e. The largest absolute Gasteiger partial charge is 0.486 e. The van der Waals surface area contributed by atoms with Gasteiger partial charge in [0, 0.05) is 6.07 Å². The summed E-state index contributed by atoms with van der Waals surface area (Å²) < 4.78 is 10.6. The van der Waals surface area contributed by atoms with Crippen LogP contribution in [0.4, 0.5) is 0 Å². The van der Waals surface area contributed by atoms with Gasteiger partial charge in [-0.05, 0) is 42.5 Å². The van der Waals surface area contributed by atoms with Gasteiger partial charge in [0.2, 0.25) is 0 Å². The third kappa shape index (κ3) is 2.24. The summed E-state index contributed by atoms with van der Waals surface area (Å²) in [6, 6.07) is 7.67. The fourth-order valence-corrected chi connectivity index (χ4v) is 2.31. The SMILES string of the molecule is O[C@H]1CCCc2ccc(OCc3ccno3)cc21. The Bertz CT molecular complexity index is 522. The maximum absolute atomic E-state index is 9.95. The molecule has 0 amide bonds. The first-order valence-corrected chi connectivity index (χ1v) is 6.16. The number of hydrogen-bond acceptors (Lipinski definition) is 4. The molecule has 4 nitrogen and oxygen atoms in total. The molecule has 0 saturated heterocycles. The van der Waals surface area contributed by atoms with Gasteiger partial charge in [-0.3, -0.25) is 0 Å². The van der Waals surface area contributed by atoms with Gasteiger partial charge in [0.1, 0.15) is 12.4 Å². The van der Waals surface area contributed by atoms with Crippen LogP contribution in [0.1, 0.15) is 35.8 Å². The summed E-state index contributed by atoms with van der Waals surface area (Å²) in [6.45, 7) is 0.356. The highest BCUT2D eigenvalue weighted by molar-refractivity contribution is 5.38. The molecule has 1 heterocycles. The van der Waals surface area contributed by atoms with E-state index in [2.05, 4.69) is 5.16 Å². The first-order valence-electron chi connectivity index (χ1n) is 6.16. The predicted molar refractivity (Wildman–Crippen MR) is 65.2 cm³/mol. The van der Waals surface area contributed by atoms with Gasteiger partial charge in [-0.1, -0.05) is 11.2 Å². The molecule has 0 spiro atoms. The van der Waals surface area contributed by atoms with E-state index in [1.807, 2.05) is 18.2 Å². The van der Waals surface area contributed by atoms with Gasteiger partial charge in [-0.25, -0.2) is 0 Å². The lowest BCUT2D eigenvalue weighted by Crippen LogP contribution is -2.09. The molecule has 0 unspecified atom stereocenters. The predicted octanol–water partition coefficient (Wildman–Crippen LogP) is 2.62. The number of nitrogens with zero attached hydrogens (tertiary/aromatic N) is 1. The highest BCUT2D eigenvalue weighted by Crippen LogP contribution is 2.32. The van der Waals surface area contributed by atoms with Crippen LogP contribution in [0.15, 0.2) is 35.0 Å². The van der Waals surface area contributed by atoms with Gasteiger partial charge in [0.25, 0.3) is 0 Å². The number of aliphatic hydroxyl groups excluding tert-OH is 1. The van der Waals surface area contributed by atoms with Crippen molar-refractivity contribution >= 4 is 0 Å². The lowest BCUT2D eigenvalue weighted by Gasteiger charge is -2.21. The summed E-state index contributed by atoms with van der Waals surface area (Å²) in [4.78, 5) is 0. The Morgan fingerprint density at radius 1 is 1.39 bits per heavy atom. The average molecular weight is 245 g/mol. The summed E-state index contributed by atoms with van der Waals surface area (Å²) >= 11 is 0. The fraction of sp³-hybridized carbons (Fsp3) is 0.357. The van der Waals surface area contributed by atoms with E-state index in [0.717, 1.165) is 30.6 Å². The zero-order valence-corrected chi connectivity index (χ0v) is 10.0. The molecule has 4 heteroatoms. The Morgan fingerprint density at radius 3 is 3.17 bits per heavy atom. The second-order valence-electron chi connectivity index (χ2n) is 4.54. The number of fused-ring (bicyclic) bond motifs is 1. The van der Waals surface area contributed by atoms with Gasteiger partial charge < -0.3 is 14.4 Å². The Kier molecular flexibility index (Phi) is 3.02. The minimum absolute atomic E-state index is 0.356. The van der Waals surface area contributed by atoms with Gasteiger partial charge in [-0.15, -0.1) is 0 Å². The van der Waals surface area contributed by atoms with E-state index in [1.165, 1.54) is 5.56 Å². The summed E-state index contributed by atoms with van der Waals surface area (Å²) in [6.07, 6.45) is 4.15. The Labute approximate surface area is 105 Å². The van der Waals surface area contributed by atoms with Gasteiger partial charge in [0.05, 0.1) is 12.3 Å². The second kappa shape index (κ2) is 4.82. The molecule has 1 aromatic carbocycles. The molecule has 1 aromatic heterocycles. The van der Waals surface area contributed by atoms with Crippen LogP contribution < -0.4 is 4.74 Å². The number of hydrogen-bond donors (Lipinski definition) is 1. The molecule has 94 valence electrons. The molecule has 2 aromatic rings. The van der Waals surface area contributed by atoms with E-state index in [-0.39, 0.29) is 6.10 Å². The molecule has 18 heavy (non-hydrogen) atoms. The van der Waals surface area contributed by atoms with E-state index in [9.17, 15) is 5.11 Å². The first-order chi connectivity index (χ1) is 8.83. The summed E-state index contributed by atoms with van der Waals surface area (Å²) in [5.41, 5.74) is 2.22. The van der Waals surface area contributed by atoms with Crippen molar-refractivity contribution in [3.8, 4) is 5.75 Å². The Hall–Kier alpha value is -1.81. The summed E-state index contributed by atoms with van der Waals surface area (Å²) in [7, 11) is 0. The lowest BCUT2D eigenvalue weighted by atomic mass is 9.89. The van der Waals surface area contributed by atoms with Crippen molar-refractivity contribution in [1.29, 1.82) is 0 Å². The maximum atomic E-state index is 9.95. The van der Waals surface area contributed by atoms with Crippen molar-refractivity contribution < 1.29 is 14.4 Å². The fourth-order valence-electron chi connectivity index (χ4n) is 2.31. The molecule has 1 aliphatic rings. The molecule has 0 bridgehead atoms. The lowest BCUT2D eigenvalue weighted by molar-refractivity contribution is 0.155. The normalized spacial score (nSPS) is 18.4. The van der Waals surface area contributed by atoms with E-state index in [4.69, 9.17) is 9.26 Å². The highest BCUT2D eigenvalue weighted by Gasteiger charge is 2.18. The molecule has 0 fully saturated rings. The van der Waals surface area contributed by atoms with Crippen LogP contribution in [-0.4, -0.2) is 10.3 Å². The minimum atomic E-state index is -0.359. The molecule has 0 aliphatic heterocycles. The minimum Gasteiger partial charge on any atom is -0.486 e. The first kappa shape index (κ1) is 11.3. The number of aromatic nitrogens is 1. The second-order valence-corrected chi connectivity index (χ2v) is 4.54. The molecule has 0 saturated carbocycles. The van der Waals surface area contributed by atoms with Crippen molar-refractivity contribution in [3.05, 3.63) is 47.3 Å². The third-order valence-corrected chi connectivity index (χ3v) is 3.27. The molecule has 1 aliphatic carbocycles. The van der Waals surface area contributed by atoms with Gasteiger partial charge >= 0.3 is 0 Å². The van der Waals surface area contributed by atoms with Crippen LogP contribution in [-0.2, 0) is 13.0 Å². The Balaban J connectivity index is 1.75. The van der Waals surface area contributed by atoms with Crippen molar-refractivity contribution in [1.82, 2.24) is 5.16 Å². The van der Waals surface area contributed by atoms with E-state index >= 15 is 0 Å². The highest BCUT2D eigenvalue weighted by atomic mass is 16.5. The van der Waals surface area contributed by atoms with Crippen LogP contribution >= 0.6 is 0 Å². The average Bonchev–Trinajstić information content (AvgIpc) is 2.90. The van der Waals surface area contributed by atoms with Crippen molar-refractivity contribution in [2.75, 3.05) is 0 Å². The zero-order chi connectivity index (χ0) is 12.4. The number of benzene rings is 1. The van der Waals surface area contributed by atoms with Crippen LogP contribution in [0.2, 0.25) is 0 Å². The van der Waals surface area contributed by atoms with Crippen LogP contribution in [0.3, 0.4) is 0 Å². The number of rotatable bonds is 3. The van der Waals surface area contributed by atoms with E-state index < -0.39 is 0 Å². The summed E-state index contributed by atoms with van der Waals surface area (Å²) in [5.74, 6) is 1.44. The Morgan fingerprint density at radius 2 is 2.33 bits per heavy atom. The molecule has 1 N–H and O–H groups in total. The number of aryl methyl sites for hydroxylation is 1. The molecular formula is C14H15NO3. The monoisotopic (exact) mass is 245 g/mol. The maximum Gasteiger partial charge on any atom is 0.174 e. The molecule has 0 radical (unpaired) electrons. The van der Waals surface area contributed by atoms with Gasteiger partial charge in [0.15, 0.2) is 5.76 Å². The number of ether oxygens (including phenoxy) is 1. The van der Waals surface area contributed by atoms with Crippen molar-refractivity contribution in [2.45, 2.75) is 32.0 Å². The van der Waals surface area contributed by atoms with Crippen LogP contribution in [0.5, 0.6) is 5.75 Å².